The van der Waals surface area contributed by atoms with Crippen LogP contribution in [0.2, 0.25) is 0 Å². The summed E-state index contributed by atoms with van der Waals surface area (Å²) in [5, 5.41) is 0. The average Bonchev–Trinajstić information content (AvgIpc) is 2.50. The smallest absolute Gasteiger partial charge is 0.256 e. The van der Waals surface area contributed by atoms with E-state index in [1.165, 1.54) is 0 Å². The molecule has 3 nitrogen and oxygen atoms in total. The van der Waals surface area contributed by atoms with Gasteiger partial charge >= 0.3 is 0 Å². The van der Waals surface area contributed by atoms with Gasteiger partial charge in [0.05, 0.1) is 6.54 Å². The van der Waals surface area contributed by atoms with Crippen molar-refractivity contribution in [3.8, 4) is 18.1 Å². The second-order valence-corrected chi connectivity index (χ2v) is 6.05. The van der Waals surface area contributed by atoms with Crippen LogP contribution >= 0.6 is 15.9 Å². The van der Waals surface area contributed by atoms with Crippen LogP contribution in [0.3, 0.4) is 0 Å². The Labute approximate surface area is 142 Å². The van der Waals surface area contributed by atoms with E-state index in [0.717, 1.165) is 4.90 Å². The molecule has 1 aromatic carbocycles. The van der Waals surface area contributed by atoms with E-state index in [0.29, 0.717) is 27.9 Å². The molecule has 1 aliphatic heterocycles. The third-order valence-corrected chi connectivity index (χ3v) is 4.16. The number of carbonyl (C=O) groups is 1. The van der Waals surface area contributed by atoms with Crippen LogP contribution < -0.4 is 4.74 Å². The first-order valence-corrected chi connectivity index (χ1v) is 7.89. The molecular formula is C17H16BrF2NO2. The molecular weight excluding hydrogens is 368 g/mol. The fourth-order valence-corrected chi connectivity index (χ4v) is 2.95. The van der Waals surface area contributed by atoms with Gasteiger partial charge in [0.1, 0.15) is 12.4 Å². The largest absolute Gasteiger partial charge is 0.481 e. The summed E-state index contributed by atoms with van der Waals surface area (Å²) in [4.78, 5) is 13.4. The summed E-state index contributed by atoms with van der Waals surface area (Å²) in [6, 6.07) is 5.13. The Morgan fingerprint density at radius 1 is 1.52 bits per heavy atom. The van der Waals surface area contributed by atoms with Crippen molar-refractivity contribution >= 4 is 27.5 Å². The number of hydrogen-bond acceptors (Lipinski definition) is 2. The maximum atomic E-state index is 12.8. The highest BCUT2D eigenvalue weighted by Crippen LogP contribution is 2.34. The van der Waals surface area contributed by atoms with Crippen LogP contribution in [0.15, 0.2) is 28.7 Å². The topological polar surface area (TPSA) is 29.5 Å². The van der Waals surface area contributed by atoms with Crippen LogP contribution in [-0.4, -0.2) is 30.4 Å². The lowest BCUT2D eigenvalue weighted by Crippen LogP contribution is -2.39. The van der Waals surface area contributed by atoms with Gasteiger partial charge in [0.15, 0.2) is 0 Å². The highest BCUT2D eigenvalue weighted by molar-refractivity contribution is 9.10. The van der Waals surface area contributed by atoms with E-state index < -0.39 is 13.0 Å². The van der Waals surface area contributed by atoms with E-state index >= 15 is 0 Å². The van der Waals surface area contributed by atoms with Gasteiger partial charge in [-0.05, 0) is 40.5 Å². The summed E-state index contributed by atoms with van der Waals surface area (Å²) in [5.74, 6) is 2.35. The summed E-state index contributed by atoms with van der Waals surface area (Å²) in [6.45, 7) is 1.26. The first-order chi connectivity index (χ1) is 10.9. The summed E-state index contributed by atoms with van der Waals surface area (Å²) < 4.78 is 31.7. The van der Waals surface area contributed by atoms with E-state index in [4.69, 9.17) is 11.2 Å². The molecule has 1 heterocycles. The first-order valence-electron chi connectivity index (χ1n) is 7.10. The minimum Gasteiger partial charge on any atom is -0.481 e. The number of ether oxygens (including phenoxy) is 1. The lowest BCUT2D eigenvalue weighted by Gasteiger charge is -2.32. The number of amides is 1. The lowest BCUT2D eigenvalue weighted by atomic mass is 9.97. The number of hydrogen-bond donors (Lipinski definition) is 0. The summed E-state index contributed by atoms with van der Waals surface area (Å²) in [5.41, 5.74) is 1.16. The fraction of sp³-hybridized carbons (Fsp3) is 0.353. The first kappa shape index (κ1) is 17.5. The van der Waals surface area contributed by atoms with Crippen LogP contribution in [0.1, 0.15) is 18.9 Å². The number of alkyl halides is 2. The Morgan fingerprint density at radius 3 is 2.87 bits per heavy atom. The highest BCUT2D eigenvalue weighted by Gasteiger charge is 2.30. The van der Waals surface area contributed by atoms with Crippen LogP contribution in [0.25, 0.3) is 5.70 Å². The Kier molecular flexibility index (Phi) is 5.78. The molecule has 122 valence electrons. The molecule has 0 saturated carbocycles. The molecule has 0 spiro atoms. The number of carbonyl (C=O) groups excluding carboxylic acids is 1. The maximum absolute atomic E-state index is 12.8. The molecule has 0 N–H and O–H groups in total. The molecule has 1 aromatic rings. The molecule has 0 aliphatic carbocycles. The van der Waals surface area contributed by atoms with E-state index in [-0.39, 0.29) is 18.4 Å². The summed E-state index contributed by atoms with van der Waals surface area (Å²) in [7, 11) is 0. The predicted octanol–water partition coefficient (Wildman–Crippen LogP) is 3.94. The van der Waals surface area contributed by atoms with Crippen LogP contribution in [0, 0.1) is 18.3 Å². The number of nitrogens with zero attached hydrogens (tertiary/aromatic N) is 1. The van der Waals surface area contributed by atoms with Gasteiger partial charge in [0.25, 0.3) is 6.43 Å². The second kappa shape index (κ2) is 7.60. The van der Waals surface area contributed by atoms with E-state index in [1.54, 1.807) is 25.1 Å². The Morgan fingerprint density at radius 2 is 2.26 bits per heavy atom. The van der Waals surface area contributed by atoms with Gasteiger partial charge in [0.2, 0.25) is 5.91 Å². The van der Waals surface area contributed by atoms with Gasteiger partial charge in [-0.25, -0.2) is 8.78 Å². The molecule has 1 atom stereocenters. The molecule has 1 unspecified atom stereocenters. The zero-order valence-corrected chi connectivity index (χ0v) is 14.1. The zero-order chi connectivity index (χ0) is 17.0. The van der Waals surface area contributed by atoms with E-state index in [9.17, 15) is 13.6 Å². The molecule has 0 saturated heterocycles. The van der Waals surface area contributed by atoms with E-state index in [2.05, 4.69) is 21.9 Å². The van der Waals surface area contributed by atoms with Crippen molar-refractivity contribution in [2.24, 2.45) is 5.92 Å². The van der Waals surface area contributed by atoms with E-state index in [1.807, 2.05) is 6.08 Å². The van der Waals surface area contributed by atoms with Crippen molar-refractivity contribution < 1.29 is 18.3 Å². The van der Waals surface area contributed by atoms with Crippen LogP contribution in [-0.2, 0) is 4.79 Å². The minimum atomic E-state index is -2.59. The van der Waals surface area contributed by atoms with Crippen molar-refractivity contribution in [2.75, 3.05) is 13.2 Å². The third-order valence-electron chi connectivity index (χ3n) is 3.50. The van der Waals surface area contributed by atoms with Crippen LogP contribution in [0.5, 0.6) is 5.75 Å². The highest BCUT2D eigenvalue weighted by atomic mass is 79.9. The molecule has 23 heavy (non-hydrogen) atoms. The van der Waals surface area contributed by atoms with Crippen molar-refractivity contribution in [1.29, 1.82) is 0 Å². The molecule has 6 heteroatoms. The van der Waals surface area contributed by atoms with Gasteiger partial charge in [-0.15, -0.1) is 6.42 Å². The fourth-order valence-electron chi connectivity index (χ4n) is 2.38. The van der Waals surface area contributed by atoms with Crippen molar-refractivity contribution in [3.05, 3.63) is 34.3 Å². The predicted molar refractivity (Wildman–Crippen MR) is 87.9 cm³/mol. The lowest BCUT2D eigenvalue weighted by molar-refractivity contribution is -0.133. The number of halogens is 3. The van der Waals surface area contributed by atoms with Gasteiger partial charge in [-0.1, -0.05) is 18.9 Å². The van der Waals surface area contributed by atoms with Crippen molar-refractivity contribution in [2.45, 2.75) is 19.8 Å². The number of allylic oxidation sites excluding steroid dienone is 1. The molecule has 1 amide bonds. The standard InChI is InChI=1S/C17H16BrF2NO2/c1-3-8-23-12-5-6-13(14(18)9-12)15-7-4-11(2)17(22)21(15)10-16(19)20/h1,5-7,9,11,16H,4,8,10H2,2H3. The van der Waals surface area contributed by atoms with Gasteiger partial charge in [0, 0.05) is 21.7 Å². The monoisotopic (exact) mass is 383 g/mol. The van der Waals surface area contributed by atoms with Gasteiger partial charge in [-0.3, -0.25) is 4.79 Å². The van der Waals surface area contributed by atoms with Crippen LogP contribution in [0.4, 0.5) is 8.78 Å². The molecule has 0 radical (unpaired) electrons. The summed E-state index contributed by atoms with van der Waals surface area (Å²) >= 11 is 3.41. The average molecular weight is 384 g/mol. The number of rotatable bonds is 5. The Hall–Kier alpha value is -1.87. The number of terminal acetylenes is 1. The van der Waals surface area contributed by atoms with Gasteiger partial charge in [-0.2, -0.15) is 0 Å². The molecule has 1 aliphatic rings. The molecule has 2 rings (SSSR count). The molecule has 0 aromatic heterocycles. The minimum absolute atomic E-state index is 0.141. The number of benzene rings is 1. The van der Waals surface area contributed by atoms with Crippen molar-refractivity contribution in [1.82, 2.24) is 4.90 Å². The zero-order valence-electron chi connectivity index (χ0n) is 12.6. The molecule has 0 fully saturated rings. The third kappa shape index (κ3) is 4.11. The van der Waals surface area contributed by atoms with Gasteiger partial charge < -0.3 is 9.64 Å². The summed E-state index contributed by atoms with van der Waals surface area (Å²) in [6.07, 6.45) is 4.89. The Balaban J connectivity index is 2.34. The second-order valence-electron chi connectivity index (χ2n) is 5.20. The van der Waals surface area contributed by atoms with Crippen molar-refractivity contribution in [3.63, 3.8) is 0 Å². The Bertz CT molecular complexity index is 667. The molecule has 0 bridgehead atoms. The quantitative estimate of drug-likeness (QED) is 0.720. The normalized spacial score (nSPS) is 17.9. The maximum Gasteiger partial charge on any atom is 0.256 e. The SMILES string of the molecule is C#CCOc1ccc(C2=CCC(C)C(=O)N2CC(F)F)c(Br)c1.